The van der Waals surface area contributed by atoms with Crippen molar-refractivity contribution in [2.45, 2.75) is 30.1 Å². The van der Waals surface area contributed by atoms with Crippen molar-refractivity contribution in [3.05, 3.63) is 5.82 Å². The van der Waals surface area contributed by atoms with Gasteiger partial charge in [0.2, 0.25) is 11.1 Å². The molecule has 1 saturated carbocycles. The van der Waals surface area contributed by atoms with Gasteiger partial charge in [0.25, 0.3) is 0 Å². The Morgan fingerprint density at radius 1 is 1.47 bits per heavy atom. The summed E-state index contributed by atoms with van der Waals surface area (Å²) in [7, 11) is 0. The number of amides is 1. The maximum atomic E-state index is 11.9. The van der Waals surface area contributed by atoms with Crippen LogP contribution in [0.3, 0.4) is 0 Å². The Kier molecular flexibility index (Phi) is 3.88. The number of nitrogens with two attached hydrogens (primary N) is 1. The molecule has 19 heavy (non-hydrogen) atoms. The zero-order valence-electron chi connectivity index (χ0n) is 9.78. The average molecular weight is 295 g/mol. The van der Waals surface area contributed by atoms with Gasteiger partial charge in [0.15, 0.2) is 5.82 Å². The van der Waals surface area contributed by atoms with Crippen LogP contribution in [0.4, 0.5) is 13.2 Å². The Balaban J connectivity index is 1.80. The number of carbonyl (C=O) groups is 1. The summed E-state index contributed by atoms with van der Waals surface area (Å²) in [4.78, 5) is 11.2. The van der Waals surface area contributed by atoms with Crippen LogP contribution >= 0.6 is 11.8 Å². The van der Waals surface area contributed by atoms with E-state index in [4.69, 9.17) is 5.84 Å². The first-order chi connectivity index (χ1) is 8.87. The molecular formula is C9H12F3N5OS. The molecule has 0 saturated heterocycles. The third kappa shape index (κ3) is 4.01. The van der Waals surface area contributed by atoms with Crippen LogP contribution in [-0.4, -0.2) is 39.3 Å². The van der Waals surface area contributed by atoms with Gasteiger partial charge in [0.1, 0.15) is 6.54 Å². The van der Waals surface area contributed by atoms with Crippen molar-refractivity contribution < 1.29 is 18.0 Å². The molecule has 6 nitrogen and oxygen atoms in total. The van der Waals surface area contributed by atoms with Crippen LogP contribution in [0.15, 0.2) is 5.16 Å². The molecule has 2 rings (SSSR count). The van der Waals surface area contributed by atoms with E-state index in [1.807, 2.05) is 0 Å². The summed E-state index contributed by atoms with van der Waals surface area (Å²) in [5.74, 6) is 5.79. The van der Waals surface area contributed by atoms with Crippen molar-refractivity contribution in [2.24, 2.45) is 0 Å². The molecule has 0 aromatic carbocycles. The van der Waals surface area contributed by atoms with E-state index in [1.165, 1.54) is 4.68 Å². The molecule has 0 atom stereocenters. The normalized spacial score (nSPS) is 15.5. The largest absolute Gasteiger partial charge is 0.405 e. The summed E-state index contributed by atoms with van der Waals surface area (Å²) in [5.41, 5.74) is 0. The summed E-state index contributed by atoms with van der Waals surface area (Å²) >= 11 is 0.957. The van der Waals surface area contributed by atoms with Gasteiger partial charge in [-0.1, -0.05) is 11.8 Å². The lowest BCUT2D eigenvalue weighted by Gasteiger charge is -2.07. The number of nitrogen functional groups attached to an aromatic ring is 1. The van der Waals surface area contributed by atoms with Gasteiger partial charge in [0, 0.05) is 5.92 Å². The average Bonchev–Trinajstić information content (AvgIpc) is 3.08. The van der Waals surface area contributed by atoms with Crippen LogP contribution < -0.4 is 11.2 Å². The topological polar surface area (TPSA) is 85.8 Å². The molecule has 1 aromatic rings. The lowest BCUT2D eigenvalue weighted by Crippen LogP contribution is -2.34. The maximum absolute atomic E-state index is 11.9. The molecule has 1 aliphatic rings. The predicted molar refractivity (Wildman–Crippen MR) is 61.9 cm³/mol. The van der Waals surface area contributed by atoms with Crippen molar-refractivity contribution >= 4 is 17.7 Å². The molecule has 0 bridgehead atoms. The second-order valence-electron chi connectivity index (χ2n) is 4.17. The minimum Gasteiger partial charge on any atom is -0.346 e. The van der Waals surface area contributed by atoms with Gasteiger partial charge in [0.05, 0.1) is 5.75 Å². The highest BCUT2D eigenvalue weighted by Gasteiger charge is 2.30. The highest BCUT2D eigenvalue weighted by atomic mass is 32.2. The van der Waals surface area contributed by atoms with E-state index in [0.29, 0.717) is 16.9 Å². The smallest absolute Gasteiger partial charge is 0.346 e. The summed E-state index contributed by atoms with van der Waals surface area (Å²) in [6.45, 7) is -1.34. The zero-order valence-corrected chi connectivity index (χ0v) is 10.6. The first kappa shape index (κ1) is 14.0. The molecule has 1 aromatic heterocycles. The molecule has 0 aliphatic heterocycles. The van der Waals surface area contributed by atoms with Gasteiger partial charge in [-0.3, -0.25) is 4.79 Å². The van der Waals surface area contributed by atoms with Gasteiger partial charge < -0.3 is 11.2 Å². The van der Waals surface area contributed by atoms with E-state index in [9.17, 15) is 18.0 Å². The summed E-state index contributed by atoms with van der Waals surface area (Å²) < 4.78 is 36.9. The molecular weight excluding hydrogens is 283 g/mol. The quantitative estimate of drug-likeness (QED) is 0.615. The summed E-state index contributed by atoms with van der Waals surface area (Å²) in [6, 6.07) is 0. The molecule has 106 valence electrons. The van der Waals surface area contributed by atoms with Crippen molar-refractivity contribution in [1.82, 2.24) is 20.2 Å². The summed E-state index contributed by atoms with van der Waals surface area (Å²) in [5, 5.41) is 9.80. The molecule has 1 aliphatic carbocycles. The van der Waals surface area contributed by atoms with Crippen LogP contribution in [0.25, 0.3) is 0 Å². The monoisotopic (exact) mass is 295 g/mol. The van der Waals surface area contributed by atoms with E-state index in [2.05, 4.69) is 10.2 Å². The Morgan fingerprint density at radius 2 is 2.16 bits per heavy atom. The fourth-order valence-electron chi connectivity index (χ4n) is 1.39. The number of carbonyl (C=O) groups excluding carboxylic acids is 1. The van der Waals surface area contributed by atoms with Crippen molar-refractivity contribution in [3.8, 4) is 0 Å². The molecule has 0 radical (unpaired) electrons. The van der Waals surface area contributed by atoms with E-state index in [1.54, 1.807) is 5.32 Å². The number of halogens is 3. The van der Waals surface area contributed by atoms with Crippen LogP contribution in [0.1, 0.15) is 24.6 Å². The highest BCUT2D eigenvalue weighted by molar-refractivity contribution is 7.99. The lowest BCUT2D eigenvalue weighted by atomic mass is 10.4. The number of thioether (sulfide) groups is 1. The van der Waals surface area contributed by atoms with Crippen molar-refractivity contribution in [3.63, 3.8) is 0 Å². The highest BCUT2D eigenvalue weighted by Crippen LogP contribution is 2.39. The molecule has 1 heterocycles. The van der Waals surface area contributed by atoms with Crippen LogP contribution in [0.5, 0.6) is 0 Å². The fourth-order valence-corrected chi connectivity index (χ4v) is 2.08. The van der Waals surface area contributed by atoms with E-state index < -0.39 is 18.6 Å². The molecule has 1 fully saturated rings. The molecule has 1 amide bonds. The fraction of sp³-hybridized carbons (Fsp3) is 0.667. The van der Waals surface area contributed by atoms with Gasteiger partial charge in [-0.05, 0) is 12.8 Å². The lowest BCUT2D eigenvalue weighted by molar-refractivity contribution is -0.136. The molecule has 0 spiro atoms. The third-order valence-electron chi connectivity index (χ3n) is 2.45. The number of alkyl halides is 3. The van der Waals surface area contributed by atoms with Gasteiger partial charge in [-0.25, -0.2) is 4.68 Å². The Bertz CT molecular complexity index is 471. The molecule has 0 unspecified atom stereocenters. The Labute approximate surface area is 110 Å². The molecule has 10 heteroatoms. The maximum Gasteiger partial charge on any atom is 0.405 e. The van der Waals surface area contributed by atoms with E-state index in [-0.39, 0.29) is 5.75 Å². The molecule has 3 N–H and O–H groups in total. The minimum absolute atomic E-state index is 0.184. The first-order valence-electron chi connectivity index (χ1n) is 5.53. The van der Waals surface area contributed by atoms with Crippen molar-refractivity contribution in [2.75, 3.05) is 18.1 Å². The zero-order chi connectivity index (χ0) is 14.0. The number of aromatic nitrogens is 3. The first-order valence-corrected chi connectivity index (χ1v) is 6.52. The van der Waals surface area contributed by atoms with Gasteiger partial charge >= 0.3 is 6.18 Å². The number of nitrogens with one attached hydrogen (secondary N) is 1. The van der Waals surface area contributed by atoms with Crippen LogP contribution in [0.2, 0.25) is 0 Å². The number of hydrogen-bond donors (Lipinski definition) is 2. The number of hydrogen-bond acceptors (Lipinski definition) is 5. The Morgan fingerprint density at radius 3 is 2.74 bits per heavy atom. The second kappa shape index (κ2) is 5.27. The Hall–Kier alpha value is -1.45. The third-order valence-corrected chi connectivity index (χ3v) is 3.39. The van der Waals surface area contributed by atoms with Gasteiger partial charge in [-0.2, -0.15) is 13.2 Å². The predicted octanol–water partition coefficient (Wildman–Crippen LogP) is 0.640. The summed E-state index contributed by atoms with van der Waals surface area (Å²) in [6.07, 6.45) is -2.40. The minimum atomic E-state index is -4.41. The van der Waals surface area contributed by atoms with Crippen molar-refractivity contribution in [1.29, 1.82) is 0 Å². The van der Waals surface area contributed by atoms with Crippen LogP contribution in [0, 0.1) is 0 Å². The number of nitrogens with zero attached hydrogens (tertiary/aromatic N) is 3. The van der Waals surface area contributed by atoms with E-state index in [0.717, 1.165) is 24.6 Å². The second-order valence-corrected chi connectivity index (χ2v) is 5.11. The standard InChI is InChI=1S/C9H12F3N5OS/c10-9(11,12)4-14-6(18)3-19-8-16-15-7(17(8)13)5-1-2-5/h5H,1-4,13H2,(H,14,18). The van der Waals surface area contributed by atoms with Crippen LogP contribution in [-0.2, 0) is 4.79 Å². The SMILES string of the molecule is Nn1c(SCC(=O)NCC(F)(F)F)nnc1C1CC1. The van der Waals surface area contributed by atoms with E-state index >= 15 is 0 Å². The number of rotatable bonds is 5. The van der Waals surface area contributed by atoms with Gasteiger partial charge in [-0.15, -0.1) is 10.2 Å².